The Morgan fingerprint density at radius 1 is 1.13 bits per heavy atom. The maximum Gasteiger partial charge on any atom is 0.274 e. The Balaban J connectivity index is 1.77. The Hall–Kier alpha value is -1.91. The molecule has 5 nitrogen and oxygen atoms in total. The molecule has 1 fully saturated rings. The van der Waals surface area contributed by atoms with Crippen LogP contribution < -0.4 is 5.32 Å². The van der Waals surface area contributed by atoms with Gasteiger partial charge in [-0.1, -0.05) is 38.5 Å². The number of imidazole rings is 1. The summed E-state index contributed by atoms with van der Waals surface area (Å²) in [5, 5.41) is 3.19. The zero-order valence-corrected chi connectivity index (χ0v) is 14.1. The number of aryl methyl sites for hydroxylation is 2. The van der Waals surface area contributed by atoms with Crippen molar-refractivity contribution in [3.63, 3.8) is 0 Å². The molecule has 1 saturated carbocycles. The number of hydrogen-bond donors (Lipinski definition) is 1. The van der Waals surface area contributed by atoms with Crippen LogP contribution >= 0.6 is 0 Å². The van der Waals surface area contributed by atoms with E-state index < -0.39 is 0 Å². The summed E-state index contributed by atoms with van der Waals surface area (Å²) in [4.78, 5) is 21.5. The standard InChI is InChI=1S/C18H26N4O/c1-13-11-14(2)22-12-19-16(17(22)20-13)18(23)21-15-9-7-5-3-4-6-8-10-15/h11-12,15H,3-10H2,1-2H3,(H,21,23). The zero-order valence-electron chi connectivity index (χ0n) is 14.1. The van der Waals surface area contributed by atoms with Gasteiger partial charge in [0.05, 0.1) is 0 Å². The molecule has 2 aromatic rings. The quantitative estimate of drug-likeness (QED) is 0.921. The molecule has 2 heterocycles. The van der Waals surface area contributed by atoms with Crippen molar-refractivity contribution >= 4 is 11.6 Å². The summed E-state index contributed by atoms with van der Waals surface area (Å²) < 4.78 is 1.88. The molecular formula is C18H26N4O. The third-order valence-corrected chi connectivity index (χ3v) is 4.73. The van der Waals surface area contributed by atoms with E-state index in [4.69, 9.17) is 0 Å². The number of nitrogens with one attached hydrogen (secondary N) is 1. The Morgan fingerprint density at radius 2 is 1.78 bits per heavy atom. The monoisotopic (exact) mass is 314 g/mol. The third-order valence-electron chi connectivity index (χ3n) is 4.73. The minimum atomic E-state index is -0.0887. The van der Waals surface area contributed by atoms with Gasteiger partial charge in [-0.2, -0.15) is 0 Å². The lowest BCUT2D eigenvalue weighted by Crippen LogP contribution is -2.35. The summed E-state index contributed by atoms with van der Waals surface area (Å²) in [5.74, 6) is -0.0887. The molecule has 1 amide bonds. The first-order valence-electron chi connectivity index (χ1n) is 8.77. The van der Waals surface area contributed by atoms with Gasteiger partial charge in [0.25, 0.3) is 5.91 Å². The molecule has 0 radical (unpaired) electrons. The number of aromatic nitrogens is 3. The molecule has 3 rings (SSSR count). The third kappa shape index (κ3) is 3.71. The van der Waals surface area contributed by atoms with E-state index in [0.717, 1.165) is 24.2 Å². The van der Waals surface area contributed by atoms with Crippen molar-refractivity contribution in [2.45, 2.75) is 71.3 Å². The highest BCUT2D eigenvalue weighted by Gasteiger charge is 2.19. The Labute approximate surface area is 137 Å². The number of fused-ring (bicyclic) bond motifs is 1. The largest absolute Gasteiger partial charge is 0.348 e. The highest BCUT2D eigenvalue weighted by molar-refractivity contribution is 5.98. The average molecular weight is 314 g/mol. The van der Waals surface area contributed by atoms with Crippen molar-refractivity contribution < 1.29 is 4.79 Å². The van der Waals surface area contributed by atoms with E-state index in [1.165, 1.54) is 38.5 Å². The topological polar surface area (TPSA) is 59.3 Å². The van der Waals surface area contributed by atoms with Crippen LogP contribution in [0.15, 0.2) is 12.4 Å². The molecule has 23 heavy (non-hydrogen) atoms. The lowest BCUT2D eigenvalue weighted by atomic mass is 10.0. The highest BCUT2D eigenvalue weighted by atomic mass is 16.2. The van der Waals surface area contributed by atoms with Gasteiger partial charge in [0.1, 0.15) is 6.33 Å². The number of amides is 1. The van der Waals surface area contributed by atoms with Gasteiger partial charge in [-0.05, 0) is 32.8 Å². The lowest BCUT2D eigenvalue weighted by molar-refractivity contribution is 0.0929. The summed E-state index contributed by atoms with van der Waals surface area (Å²) in [5.41, 5.74) is 3.05. The molecule has 1 N–H and O–H groups in total. The second-order valence-corrected chi connectivity index (χ2v) is 6.69. The van der Waals surface area contributed by atoms with Crippen molar-refractivity contribution in [3.05, 3.63) is 29.5 Å². The SMILES string of the molecule is Cc1cc(C)n2cnc(C(=O)NC3CCCCCCCC3)c2n1. The summed E-state index contributed by atoms with van der Waals surface area (Å²) in [7, 11) is 0. The van der Waals surface area contributed by atoms with Gasteiger partial charge in [0.15, 0.2) is 11.3 Å². The van der Waals surface area contributed by atoms with Gasteiger partial charge < -0.3 is 5.32 Å². The number of hydrogen-bond acceptors (Lipinski definition) is 3. The molecule has 0 bridgehead atoms. The molecule has 1 aliphatic carbocycles. The second-order valence-electron chi connectivity index (χ2n) is 6.69. The van der Waals surface area contributed by atoms with Gasteiger partial charge in [-0.25, -0.2) is 9.97 Å². The predicted molar refractivity (Wildman–Crippen MR) is 90.7 cm³/mol. The normalized spacial score (nSPS) is 17.5. The molecule has 2 aromatic heterocycles. The molecule has 1 aliphatic rings. The highest BCUT2D eigenvalue weighted by Crippen LogP contribution is 2.18. The molecule has 0 saturated heterocycles. The summed E-state index contributed by atoms with van der Waals surface area (Å²) in [6.07, 6.45) is 11.4. The smallest absolute Gasteiger partial charge is 0.274 e. The van der Waals surface area contributed by atoms with Crippen LogP contribution in [0.2, 0.25) is 0 Å². The van der Waals surface area contributed by atoms with Crippen LogP contribution in [0.25, 0.3) is 5.65 Å². The second kappa shape index (κ2) is 7.11. The first-order chi connectivity index (χ1) is 11.1. The molecule has 5 heteroatoms. The molecule has 0 aromatic carbocycles. The van der Waals surface area contributed by atoms with Crippen LogP contribution in [-0.4, -0.2) is 26.3 Å². The van der Waals surface area contributed by atoms with E-state index in [9.17, 15) is 4.79 Å². The van der Waals surface area contributed by atoms with Crippen LogP contribution in [-0.2, 0) is 0 Å². The average Bonchev–Trinajstić information content (AvgIpc) is 2.96. The maximum atomic E-state index is 12.7. The van der Waals surface area contributed by atoms with Gasteiger partial charge in [0.2, 0.25) is 0 Å². The van der Waals surface area contributed by atoms with Gasteiger partial charge >= 0.3 is 0 Å². The predicted octanol–water partition coefficient (Wildman–Crippen LogP) is 3.58. The first-order valence-corrected chi connectivity index (χ1v) is 8.77. The van der Waals surface area contributed by atoms with Crippen molar-refractivity contribution in [2.75, 3.05) is 0 Å². The van der Waals surface area contributed by atoms with E-state index in [2.05, 4.69) is 15.3 Å². The van der Waals surface area contributed by atoms with E-state index >= 15 is 0 Å². The number of carbonyl (C=O) groups excluding carboxylic acids is 1. The van der Waals surface area contributed by atoms with E-state index in [-0.39, 0.29) is 11.9 Å². The number of carbonyl (C=O) groups is 1. The van der Waals surface area contributed by atoms with Crippen LogP contribution in [0, 0.1) is 13.8 Å². The van der Waals surface area contributed by atoms with Crippen LogP contribution in [0.5, 0.6) is 0 Å². The molecular weight excluding hydrogens is 288 g/mol. The molecule has 0 spiro atoms. The molecule has 0 unspecified atom stereocenters. The minimum absolute atomic E-state index is 0.0887. The zero-order chi connectivity index (χ0) is 16.2. The van der Waals surface area contributed by atoms with Crippen molar-refractivity contribution in [1.29, 1.82) is 0 Å². The first kappa shape index (κ1) is 16.0. The molecule has 0 aliphatic heterocycles. The number of rotatable bonds is 2. The van der Waals surface area contributed by atoms with Crippen LogP contribution in [0.1, 0.15) is 73.2 Å². The fourth-order valence-corrected chi connectivity index (χ4v) is 3.47. The van der Waals surface area contributed by atoms with Crippen molar-refractivity contribution in [1.82, 2.24) is 19.7 Å². The van der Waals surface area contributed by atoms with E-state index in [1.54, 1.807) is 6.33 Å². The Kier molecular flexibility index (Phi) is 4.94. The van der Waals surface area contributed by atoms with E-state index in [1.807, 2.05) is 24.3 Å². The maximum absolute atomic E-state index is 12.7. The van der Waals surface area contributed by atoms with Gasteiger partial charge in [-0.15, -0.1) is 0 Å². The number of nitrogens with zero attached hydrogens (tertiary/aromatic N) is 3. The van der Waals surface area contributed by atoms with Crippen molar-refractivity contribution in [3.8, 4) is 0 Å². The summed E-state index contributed by atoms with van der Waals surface area (Å²) in [6.45, 7) is 3.95. The van der Waals surface area contributed by atoms with Crippen molar-refractivity contribution in [2.24, 2.45) is 0 Å². The van der Waals surface area contributed by atoms with Gasteiger partial charge in [0, 0.05) is 17.4 Å². The summed E-state index contributed by atoms with van der Waals surface area (Å²) in [6, 6.07) is 2.26. The minimum Gasteiger partial charge on any atom is -0.348 e. The fraction of sp³-hybridized carbons (Fsp3) is 0.611. The summed E-state index contributed by atoms with van der Waals surface area (Å²) >= 11 is 0. The Bertz CT molecular complexity index is 682. The molecule has 0 atom stereocenters. The Morgan fingerprint density at radius 3 is 2.48 bits per heavy atom. The fourth-order valence-electron chi connectivity index (χ4n) is 3.47. The lowest BCUT2D eigenvalue weighted by Gasteiger charge is -2.17. The van der Waals surface area contributed by atoms with Crippen LogP contribution in [0.3, 0.4) is 0 Å². The van der Waals surface area contributed by atoms with Gasteiger partial charge in [-0.3, -0.25) is 9.20 Å². The molecule has 124 valence electrons. The van der Waals surface area contributed by atoms with E-state index in [0.29, 0.717) is 11.3 Å². The van der Waals surface area contributed by atoms with Crippen LogP contribution in [0.4, 0.5) is 0 Å².